The number of ether oxygens (including phenoxy) is 17. The number of fused-ring (bicyclic) bond motifs is 10. The molecule has 20 aliphatic rings. The lowest BCUT2D eigenvalue weighted by Crippen LogP contribution is -2.38. The van der Waals surface area contributed by atoms with Gasteiger partial charge in [-0.1, -0.05) is 46.8 Å². The van der Waals surface area contributed by atoms with Crippen molar-refractivity contribution in [1.29, 1.82) is 0 Å². The molecular weight excluding hydrogens is 1760 g/mol. The molecule has 0 bridgehead atoms. The Labute approximate surface area is 777 Å². The van der Waals surface area contributed by atoms with Gasteiger partial charge in [0.15, 0.2) is 0 Å². The van der Waals surface area contributed by atoms with Gasteiger partial charge in [-0.05, 0) is 182 Å². The molecule has 20 rings (SSSR count). The first-order valence-corrected chi connectivity index (χ1v) is 45.4. The molecule has 35 nitrogen and oxygen atoms in total. The molecule has 0 amide bonds. The zero-order chi connectivity index (χ0) is 97.5. The number of carbonyl (C=O) groups is 13. The van der Waals surface area contributed by atoms with Crippen molar-refractivity contribution in [3.8, 4) is 0 Å². The number of aliphatic hydroxyl groups is 5. The Morgan fingerprint density at radius 1 is 0.385 bits per heavy atom. The first-order chi connectivity index (χ1) is 63.6. The Morgan fingerprint density at radius 2 is 0.704 bits per heavy atom. The van der Waals surface area contributed by atoms with E-state index in [1.165, 1.54) is 69.0 Å². The Hall–Kier alpha value is -12.1. The third-order valence-electron chi connectivity index (χ3n) is 29.9. The molecule has 5 N–H and O–H groups in total. The van der Waals surface area contributed by atoms with Gasteiger partial charge in [0.25, 0.3) is 31.5 Å². The van der Waals surface area contributed by atoms with E-state index < -0.39 is 203 Å². The molecule has 10 aliphatic carbocycles. The van der Waals surface area contributed by atoms with Gasteiger partial charge in [-0.15, -0.1) is 0 Å². The van der Waals surface area contributed by atoms with Gasteiger partial charge in [0.2, 0.25) is 0 Å². The van der Waals surface area contributed by atoms with Crippen molar-refractivity contribution in [2.75, 3.05) is 6.61 Å². The van der Waals surface area contributed by atoms with Crippen LogP contribution in [-0.2, 0) is 143 Å². The van der Waals surface area contributed by atoms with Crippen LogP contribution in [0.25, 0.3) is 0 Å². The maximum Gasteiger partial charge on any atom is 0.338 e. The van der Waals surface area contributed by atoms with E-state index in [2.05, 4.69) is 6.58 Å². The van der Waals surface area contributed by atoms with Crippen LogP contribution in [0, 0.1) is 56.7 Å². The van der Waals surface area contributed by atoms with E-state index in [0.717, 1.165) is 70.3 Å². The van der Waals surface area contributed by atoms with Crippen LogP contribution in [0.15, 0.2) is 185 Å². The quantitative estimate of drug-likeness (QED) is 0.0377. The number of esters is 11. The molecule has 0 aromatic rings. The highest BCUT2D eigenvalue weighted by atomic mass is 16.7. The summed E-state index contributed by atoms with van der Waals surface area (Å²) in [6, 6.07) is 0. The number of Topliss-reactive ketones (excluding diaryl/α,β-unsaturated/α-hetero) is 2. The minimum Gasteiger partial charge on any atom is -0.458 e. The van der Waals surface area contributed by atoms with Crippen LogP contribution in [0.2, 0.25) is 0 Å². The molecule has 10 aliphatic heterocycles. The van der Waals surface area contributed by atoms with Crippen molar-refractivity contribution in [3.63, 3.8) is 0 Å². The van der Waals surface area contributed by atoms with E-state index in [-0.39, 0.29) is 52.3 Å². The van der Waals surface area contributed by atoms with Crippen LogP contribution in [0.1, 0.15) is 188 Å². The highest BCUT2D eigenvalue weighted by molar-refractivity contribution is 5.99. The maximum atomic E-state index is 12.6. The number of ketones is 2. The van der Waals surface area contributed by atoms with Gasteiger partial charge in [-0.25, -0.2) is 43.2 Å². The van der Waals surface area contributed by atoms with Crippen molar-refractivity contribution in [2.45, 2.75) is 286 Å². The summed E-state index contributed by atoms with van der Waals surface area (Å²) in [6.07, 6.45) is 10.6. The monoisotopic (exact) mass is 1870 g/mol. The third kappa shape index (κ3) is 17.0. The van der Waals surface area contributed by atoms with Crippen LogP contribution in [0.3, 0.4) is 0 Å². The van der Waals surface area contributed by atoms with E-state index in [1.807, 2.05) is 41.5 Å². The summed E-state index contributed by atoms with van der Waals surface area (Å²) < 4.78 is 92.2. The summed E-state index contributed by atoms with van der Waals surface area (Å²) in [6.45, 7) is 31.7. The smallest absolute Gasteiger partial charge is 0.338 e. The van der Waals surface area contributed by atoms with Crippen LogP contribution < -0.4 is 0 Å². The number of hydrogen-bond donors (Lipinski definition) is 5. The minimum absolute atomic E-state index is 0.0571. The lowest BCUT2D eigenvalue weighted by Gasteiger charge is -2.39. The molecule has 35 heteroatoms. The average molecular weight is 1870 g/mol. The van der Waals surface area contributed by atoms with Gasteiger partial charge < -0.3 is 106 Å². The average Bonchev–Trinajstić information content (AvgIpc) is 1.58. The minimum atomic E-state index is -0.934. The molecule has 2 unspecified atom stereocenters. The maximum absolute atomic E-state index is 12.6. The summed E-state index contributed by atoms with van der Waals surface area (Å²) in [4.78, 5) is 156. The van der Waals surface area contributed by atoms with Crippen LogP contribution in [0.5, 0.6) is 0 Å². The van der Waals surface area contributed by atoms with Gasteiger partial charge in [0, 0.05) is 112 Å². The van der Waals surface area contributed by atoms with E-state index in [0.29, 0.717) is 102 Å². The third-order valence-corrected chi connectivity index (χ3v) is 29.9. The molecule has 22 atom stereocenters. The number of carbonyl (C=O) groups excluding carboxylic acids is 13. The lowest BCUT2D eigenvalue weighted by molar-refractivity contribution is -0.153. The van der Waals surface area contributed by atoms with Crippen LogP contribution >= 0.6 is 0 Å². The van der Waals surface area contributed by atoms with Crippen molar-refractivity contribution < 1.29 is 168 Å². The summed E-state index contributed by atoms with van der Waals surface area (Å²) in [5.41, 5.74) is 9.84. The Morgan fingerprint density at radius 3 is 1.09 bits per heavy atom. The fourth-order valence-electron chi connectivity index (χ4n) is 22.5. The standard InChI is InChI=1S/C22H26O7.C21H22O8.C19H22O7.C19H20O7.C19H22O6/c1-10-8-16(27-11(10)2)26-9-14-17-19(28-12(3)23)13-6-7-15(24)22(4,5)18(13)20(17)29-21(14)25;1-9-7-14(28-19(9)24)26-8-12-15-17(27-10(2)22)11-5-6-13(23)21(3,4)16(11)18(15)29-20(12)25;2*1-8-6-12(25-17(8)22)24-7-10-13-15(21)9-4-5-11(20)19(2,3)14(9)16(13)26-18(10)23;1-10-6-14(24-17(10)21)23-8-13-12-7-11-4-3-5-19(2,9-20)15(11)16(12)25-18(13)22/h8-9,15-17,19-20,24H,2,6-7H2,1,3-5H3;7-8,14-15,17-18H,5-6H2,1-4H3;6-7,11-13,15-16,20-21H,4-5H2,1-3H3;6-7,12-13,15-16,21H,4-5H2,1-3H3;6,8,12,14,16,20H,3-5,7,9H2,1-2H3/b14-9+;12-8+;2*10-7+;13-8+/t15?,16-,17+,19-,20+;14-,15+,17-,18+;11?,12-,13+,15-,16+;12-,13+,15-,16+;12-,14+,16+,19+/m11111/s1. The zero-order valence-corrected chi connectivity index (χ0v) is 77.8. The Kier molecular flexibility index (Phi) is 25.5. The molecule has 0 spiro atoms. The molecule has 0 radical (unpaired) electrons. The summed E-state index contributed by atoms with van der Waals surface area (Å²) in [7, 11) is 0. The van der Waals surface area contributed by atoms with Gasteiger partial charge in [0.05, 0.1) is 114 Å². The summed E-state index contributed by atoms with van der Waals surface area (Å²) in [5, 5.41) is 52.4. The summed E-state index contributed by atoms with van der Waals surface area (Å²) in [5.74, 6) is -7.15. The normalized spacial score (nSPS) is 36.9. The van der Waals surface area contributed by atoms with Gasteiger partial charge in [0.1, 0.15) is 60.1 Å². The predicted molar refractivity (Wildman–Crippen MR) is 461 cm³/mol. The predicted octanol–water partition coefficient (Wildman–Crippen LogP) is 9.12. The number of cyclic esters (lactones) is 4. The van der Waals surface area contributed by atoms with E-state index in [9.17, 15) is 87.9 Å². The van der Waals surface area contributed by atoms with Crippen molar-refractivity contribution in [3.05, 3.63) is 185 Å². The Balaban J connectivity index is 0.000000123. The molecular formula is C100H112O35. The summed E-state index contributed by atoms with van der Waals surface area (Å²) >= 11 is 0. The molecule has 10 heterocycles. The van der Waals surface area contributed by atoms with Gasteiger partial charge in [-0.3, -0.25) is 19.2 Å². The van der Waals surface area contributed by atoms with Crippen LogP contribution in [-0.4, -0.2) is 208 Å². The first-order valence-electron chi connectivity index (χ1n) is 45.4. The number of hydrogen-bond acceptors (Lipinski definition) is 35. The lowest BCUT2D eigenvalue weighted by atomic mass is 9.70. The number of allylic oxidation sites excluding steroid dienone is 2. The van der Waals surface area contributed by atoms with Crippen molar-refractivity contribution >= 4 is 77.2 Å². The topological polar surface area (TPSA) is 480 Å². The highest BCUT2D eigenvalue weighted by Gasteiger charge is 2.65. The molecule has 0 aromatic carbocycles. The molecule has 722 valence electrons. The SMILES string of the molecule is C=C1O[C@@H](O/C=C2/C(=O)O[C@@H]3C4=C(CCC(O)C4(C)C)[C@@H](OC(C)=O)[C@H]23)C=C1C.CC(=O)O[C@@H]1C2=C([C@H]3OC(=O)/C(=C/O[C@H]4C=C(C)C(=O)O4)[C@@H]13)C(C)(C)C(=O)CC2.CC1=C[C@@H](O/C=C2/C(=O)O[C@@H]3C4=C(CCC[C@@]4(C)CO)C[C@H]23)OC1=O.CC1=C[C@H](O/C=C2/C(=O)O[C@@H]3C4=C(CCC(=O)C4(C)C)[C@@H](O)[C@H]23)OC1=O.CC1=C[C@H](O/C=C2/C(=O)O[C@@H]3C4=C(CCC(O)C4(C)C)[C@@H](O)[C@H]23)OC1=O. The zero-order valence-electron chi connectivity index (χ0n) is 77.8. The van der Waals surface area contributed by atoms with Gasteiger partial charge >= 0.3 is 65.7 Å². The highest BCUT2D eigenvalue weighted by Crippen LogP contribution is 2.61. The van der Waals surface area contributed by atoms with Crippen LogP contribution in [0.4, 0.5) is 0 Å². The largest absolute Gasteiger partial charge is 0.458 e. The molecule has 0 aromatic heterocycles. The first kappa shape index (κ1) is 96.1. The fraction of sp³-hybridized carbons (Fsp3) is 0.550. The van der Waals surface area contributed by atoms with E-state index >= 15 is 0 Å². The van der Waals surface area contributed by atoms with E-state index in [1.54, 1.807) is 67.5 Å². The molecule has 5 fully saturated rings. The van der Waals surface area contributed by atoms with Crippen molar-refractivity contribution in [2.24, 2.45) is 56.7 Å². The van der Waals surface area contributed by atoms with Crippen molar-refractivity contribution in [1.82, 2.24) is 0 Å². The van der Waals surface area contributed by atoms with Gasteiger partial charge in [-0.2, -0.15) is 0 Å². The molecule has 135 heavy (non-hydrogen) atoms. The molecule has 0 saturated carbocycles. The fourth-order valence-corrected chi connectivity index (χ4v) is 22.5. The van der Waals surface area contributed by atoms with E-state index in [4.69, 9.17) is 80.5 Å². The second-order valence-electron chi connectivity index (χ2n) is 39.8. The second-order valence-corrected chi connectivity index (χ2v) is 39.8. The Bertz CT molecular complexity index is 5700. The molecule has 5 saturated heterocycles. The number of aliphatic hydroxyl groups excluding tert-OH is 5. The number of rotatable bonds is 13. The second kappa shape index (κ2) is 35.9.